The van der Waals surface area contributed by atoms with Crippen molar-refractivity contribution in [2.75, 3.05) is 31.5 Å². The standard InChI is InChI=1S/C20H22ClF3N4O3S/c21-17-12-15(20(22,23)24)13-27-18(17)25-7-8-26-19(29)14-5-4-6-16(11-14)32(30,31)28-9-2-1-3-10-28/h4-6,11-13H,1-3,7-10H2,(H,25,27)(H,26,29). The van der Waals surface area contributed by atoms with E-state index in [0.717, 1.165) is 25.3 Å². The number of hydrogen-bond acceptors (Lipinski definition) is 5. The maximum atomic E-state index is 12.8. The number of benzene rings is 1. The molecule has 1 amide bonds. The number of carbonyl (C=O) groups excluding carboxylic acids is 1. The molecule has 0 saturated carbocycles. The van der Waals surface area contributed by atoms with E-state index in [9.17, 15) is 26.4 Å². The van der Waals surface area contributed by atoms with Gasteiger partial charge in [-0.1, -0.05) is 24.1 Å². The highest BCUT2D eigenvalue weighted by atomic mass is 35.5. The average molecular weight is 491 g/mol. The topological polar surface area (TPSA) is 91.4 Å². The first-order chi connectivity index (χ1) is 15.1. The maximum Gasteiger partial charge on any atom is 0.417 e. The second-order valence-corrected chi connectivity index (χ2v) is 9.57. The molecule has 1 aromatic carbocycles. The SMILES string of the molecule is O=C(NCCNc1ncc(C(F)(F)F)cc1Cl)c1cccc(S(=O)(=O)N2CCCCC2)c1. The summed E-state index contributed by atoms with van der Waals surface area (Å²) in [5.41, 5.74) is -0.769. The molecule has 0 spiro atoms. The van der Waals surface area contributed by atoms with Crippen LogP contribution in [0.15, 0.2) is 41.4 Å². The minimum absolute atomic E-state index is 0.0588. The van der Waals surface area contributed by atoms with Crippen LogP contribution in [-0.2, 0) is 16.2 Å². The van der Waals surface area contributed by atoms with Crippen molar-refractivity contribution in [3.63, 3.8) is 0 Å². The van der Waals surface area contributed by atoms with Crippen LogP contribution < -0.4 is 10.6 Å². The number of amides is 1. The van der Waals surface area contributed by atoms with E-state index in [0.29, 0.717) is 19.3 Å². The predicted molar refractivity (Wildman–Crippen MR) is 114 cm³/mol. The number of anilines is 1. The summed E-state index contributed by atoms with van der Waals surface area (Å²) in [5, 5.41) is 5.18. The van der Waals surface area contributed by atoms with E-state index >= 15 is 0 Å². The highest BCUT2D eigenvalue weighted by molar-refractivity contribution is 7.89. The van der Waals surface area contributed by atoms with Gasteiger partial charge in [-0.25, -0.2) is 13.4 Å². The summed E-state index contributed by atoms with van der Waals surface area (Å²) in [6.45, 7) is 1.19. The van der Waals surface area contributed by atoms with Crippen molar-refractivity contribution in [2.45, 2.75) is 30.3 Å². The number of aromatic nitrogens is 1. The first-order valence-electron chi connectivity index (χ1n) is 9.94. The lowest BCUT2D eigenvalue weighted by Crippen LogP contribution is -2.35. The van der Waals surface area contributed by atoms with Crippen LogP contribution in [0.4, 0.5) is 19.0 Å². The molecule has 2 aromatic rings. The third kappa shape index (κ3) is 5.90. The molecule has 174 valence electrons. The smallest absolute Gasteiger partial charge is 0.367 e. The molecular weight excluding hydrogens is 469 g/mol. The summed E-state index contributed by atoms with van der Waals surface area (Å²) in [6, 6.07) is 6.58. The molecule has 0 bridgehead atoms. The van der Waals surface area contributed by atoms with Crippen molar-refractivity contribution in [1.82, 2.24) is 14.6 Å². The highest BCUT2D eigenvalue weighted by Crippen LogP contribution is 2.32. The summed E-state index contributed by atoms with van der Waals surface area (Å²) in [5.74, 6) is -0.419. The molecule has 0 atom stereocenters. The number of hydrogen-bond donors (Lipinski definition) is 2. The summed E-state index contributed by atoms with van der Waals surface area (Å²) in [4.78, 5) is 16.1. The van der Waals surface area contributed by atoms with Crippen molar-refractivity contribution in [3.05, 3.63) is 52.7 Å². The van der Waals surface area contributed by atoms with E-state index in [1.807, 2.05) is 0 Å². The van der Waals surface area contributed by atoms with Gasteiger partial charge in [0.2, 0.25) is 10.0 Å². The Hall–Kier alpha value is -2.37. The molecule has 2 N–H and O–H groups in total. The van der Waals surface area contributed by atoms with Gasteiger partial charge >= 0.3 is 6.18 Å². The summed E-state index contributed by atoms with van der Waals surface area (Å²) < 4.78 is 65.0. The molecule has 1 aromatic heterocycles. The summed E-state index contributed by atoms with van der Waals surface area (Å²) in [7, 11) is -3.66. The van der Waals surface area contributed by atoms with Gasteiger partial charge in [0, 0.05) is 37.9 Å². The van der Waals surface area contributed by atoms with Crippen LogP contribution in [0.1, 0.15) is 35.2 Å². The molecular formula is C20H22ClF3N4O3S. The van der Waals surface area contributed by atoms with E-state index in [2.05, 4.69) is 15.6 Å². The number of pyridine rings is 1. The fourth-order valence-corrected chi connectivity index (χ4v) is 5.03. The van der Waals surface area contributed by atoms with Gasteiger partial charge in [-0.3, -0.25) is 4.79 Å². The maximum absolute atomic E-state index is 12.8. The molecule has 2 heterocycles. The third-order valence-electron chi connectivity index (χ3n) is 4.92. The van der Waals surface area contributed by atoms with E-state index in [4.69, 9.17) is 11.6 Å². The van der Waals surface area contributed by atoms with Crippen LogP contribution >= 0.6 is 11.6 Å². The Morgan fingerprint density at radius 1 is 1.12 bits per heavy atom. The summed E-state index contributed by atoms with van der Waals surface area (Å²) in [6.07, 6.45) is -1.26. The molecule has 1 saturated heterocycles. The fourth-order valence-electron chi connectivity index (χ4n) is 3.23. The number of alkyl halides is 3. The van der Waals surface area contributed by atoms with Gasteiger partial charge in [-0.05, 0) is 37.1 Å². The monoisotopic (exact) mass is 490 g/mol. The minimum atomic E-state index is -4.54. The van der Waals surface area contributed by atoms with Gasteiger partial charge in [0.1, 0.15) is 5.82 Å². The Bertz CT molecular complexity index is 1070. The Balaban J connectivity index is 1.56. The molecule has 0 radical (unpaired) electrons. The normalized spacial score (nSPS) is 15.4. The van der Waals surface area contributed by atoms with Crippen molar-refractivity contribution < 1.29 is 26.4 Å². The van der Waals surface area contributed by atoms with Gasteiger partial charge in [0.25, 0.3) is 5.91 Å². The number of nitrogens with zero attached hydrogens (tertiary/aromatic N) is 2. The second-order valence-electron chi connectivity index (χ2n) is 7.23. The predicted octanol–water partition coefficient (Wildman–Crippen LogP) is 3.77. The average Bonchev–Trinajstić information content (AvgIpc) is 2.77. The van der Waals surface area contributed by atoms with Gasteiger partial charge in [-0.2, -0.15) is 17.5 Å². The van der Waals surface area contributed by atoms with Crippen molar-refractivity contribution >= 4 is 33.3 Å². The third-order valence-corrected chi connectivity index (χ3v) is 7.10. The number of carbonyl (C=O) groups is 1. The lowest BCUT2D eigenvalue weighted by atomic mass is 10.2. The van der Waals surface area contributed by atoms with Gasteiger partial charge in [0.15, 0.2) is 0 Å². The van der Waals surface area contributed by atoms with Crippen LogP contribution in [0, 0.1) is 0 Å². The first kappa shape index (κ1) is 24.3. The molecule has 3 rings (SSSR count). The zero-order chi connectivity index (χ0) is 23.4. The molecule has 32 heavy (non-hydrogen) atoms. The molecule has 0 aliphatic carbocycles. The van der Waals surface area contributed by atoms with Gasteiger partial charge in [-0.15, -0.1) is 0 Å². The number of nitrogens with one attached hydrogen (secondary N) is 2. The Labute approximate surface area is 189 Å². The van der Waals surface area contributed by atoms with Crippen molar-refractivity contribution in [2.24, 2.45) is 0 Å². The Kier molecular flexibility index (Phi) is 7.63. The number of rotatable bonds is 7. The number of sulfonamides is 1. The van der Waals surface area contributed by atoms with Crippen LogP contribution in [0.3, 0.4) is 0 Å². The molecule has 1 aliphatic heterocycles. The quantitative estimate of drug-likeness (QED) is 0.576. The molecule has 7 nitrogen and oxygen atoms in total. The van der Waals surface area contributed by atoms with Crippen LogP contribution in [0.5, 0.6) is 0 Å². The van der Waals surface area contributed by atoms with E-state index in [1.54, 1.807) is 0 Å². The van der Waals surface area contributed by atoms with E-state index < -0.39 is 27.7 Å². The molecule has 12 heteroatoms. The van der Waals surface area contributed by atoms with Crippen LogP contribution in [0.25, 0.3) is 0 Å². The van der Waals surface area contributed by atoms with Gasteiger partial charge < -0.3 is 10.6 Å². The minimum Gasteiger partial charge on any atom is -0.367 e. The summed E-state index contributed by atoms with van der Waals surface area (Å²) >= 11 is 5.82. The van der Waals surface area contributed by atoms with Gasteiger partial charge in [0.05, 0.1) is 15.5 Å². The Morgan fingerprint density at radius 2 is 1.84 bits per heavy atom. The first-order valence-corrected chi connectivity index (χ1v) is 11.8. The number of piperidine rings is 1. The number of halogens is 4. The van der Waals surface area contributed by atoms with E-state index in [-0.39, 0.29) is 34.4 Å². The Morgan fingerprint density at radius 3 is 2.50 bits per heavy atom. The lowest BCUT2D eigenvalue weighted by molar-refractivity contribution is -0.137. The van der Waals surface area contributed by atoms with Crippen LogP contribution in [0.2, 0.25) is 5.02 Å². The lowest BCUT2D eigenvalue weighted by Gasteiger charge is -2.26. The molecule has 0 unspecified atom stereocenters. The van der Waals surface area contributed by atoms with E-state index in [1.165, 1.54) is 28.6 Å². The highest BCUT2D eigenvalue weighted by Gasteiger charge is 2.31. The molecule has 1 aliphatic rings. The van der Waals surface area contributed by atoms with Crippen molar-refractivity contribution in [1.29, 1.82) is 0 Å². The second kappa shape index (κ2) is 10.1. The zero-order valence-electron chi connectivity index (χ0n) is 17.0. The fraction of sp³-hybridized carbons (Fsp3) is 0.400. The zero-order valence-corrected chi connectivity index (χ0v) is 18.5. The van der Waals surface area contributed by atoms with Crippen LogP contribution in [-0.4, -0.2) is 49.8 Å². The largest absolute Gasteiger partial charge is 0.417 e. The van der Waals surface area contributed by atoms with Crippen molar-refractivity contribution in [3.8, 4) is 0 Å². The molecule has 1 fully saturated rings.